The number of imidazole rings is 1. The zero-order valence-electron chi connectivity index (χ0n) is 17.8. The van der Waals surface area contributed by atoms with Crippen molar-refractivity contribution in [2.24, 2.45) is 0 Å². The smallest absolute Gasteiger partial charge is 0.410 e. The van der Waals surface area contributed by atoms with Crippen molar-refractivity contribution < 1.29 is 14.3 Å². The largest absolute Gasteiger partial charge is 0.444 e. The predicted octanol–water partition coefficient (Wildman–Crippen LogP) is 3.38. The second-order valence-electron chi connectivity index (χ2n) is 8.52. The molecule has 29 heavy (non-hydrogen) atoms. The Bertz CT molecular complexity index is 786. The van der Waals surface area contributed by atoms with E-state index >= 15 is 0 Å². The van der Waals surface area contributed by atoms with Crippen molar-refractivity contribution in [2.45, 2.75) is 58.3 Å². The van der Waals surface area contributed by atoms with Crippen LogP contribution in [0.15, 0.2) is 43.0 Å². The van der Waals surface area contributed by atoms with Crippen LogP contribution >= 0.6 is 0 Å². The lowest BCUT2D eigenvalue weighted by atomic mass is 10.1. The Kier molecular flexibility index (Phi) is 6.92. The maximum atomic E-state index is 12.6. The third kappa shape index (κ3) is 6.05. The summed E-state index contributed by atoms with van der Waals surface area (Å²) < 4.78 is 13.2. The van der Waals surface area contributed by atoms with Gasteiger partial charge in [0.05, 0.1) is 31.3 Å². The van der Waals surface area contributed by atoms with E-state index in [9.17, 15) is 4.79 Å². The monoisotopic (exact) mass is 400 g/mol. The van der Waals surface area contributed by atoms with Gasteiger partial charge in [0, 0.05) is 31.5 Å². The van der Waals surface area contributed by atoms with Gasteiger partial charge < -0.3 is 24.3 Å². The van der Waals surface area contributed by atoms with Crippen LogP contribution in [-0.4, -0.2) is 58.0 Å². The molecule has 0 radical (unpaired) electrons. The van der Waals surface area contributed by atoms with Crippen molar-refractivity contribution in [1.82, 2.24) is 19.8 Å². The molecule has 158 valence electrons. The van der Waals surface area contributed by atoms with Crippen LogP contribution in [0.4, 0.5) is 4.79 Å². The summed E-state index contributed by atoms with van der Waals surface area (Å²) in [5.41, 5.74) is 1.81. The van der Waals surface area contributed by atoms with E-state index in [1.807, 2.05) is 48.6 Å². The average molecular weight is 401 g/mol. The fraction of sp³-hybridized carbons (Fsp3) is 0.545. The normalized spacial score (nSPS) is 18.5. The Morgan fingerprint density at radius 2 is 2.17 bits per heavy atom. The predicted molar refractivity (Wildman–Crippen MR) is 112 cm³/mol. The van der Waals surface area contributed by atoms with Gasteiger partial charge in [-0.05, 0) is 45.7 Å². The van der Waals surface area contributed by atoms with Crippen molar-refractivity contribution in [1.29, 1.82) is 0 Å². The second kappa shape index (κ2) is 9.41. The molecule has 1 aromatic carbocycles. The van der Waals surface area contributed by atoms with E-state index in [2.05, 4.69) is 29.4 Å². The van der Waals surface area contributed by atoms with Crippen LogP contribution in [0.3, 0.4) is 0 Å². The lowest BCUT2D eigenvalue weighted by Crippen LogP contribution is -2.52. The molecule has 1 amide bonds. The first-order chi connectivity index (χ1) is 13.8. The summed E-state index contributed by atoms with van der Waals surface area (Å²) >= 11 is 0. The highest BCUT2D eigenvalue weighted by Gasteiger charge is 2.31. The topological polar surface area (TPSA) is 68.6 Å². The van der Waals surface area contributed by atoms with Gasteiger partial charge in [0.25, 0.3) is 0 Å². The van der Waals surface area contributed by atoms with Gasteiger partial charge in [-0.1, -0.05) is 18.2 Å². The quantitative estimate of drug-likeness (QED) is 0.805. The van der Waals surface area contributed by atoms with Crippen molar-refractivity contribution in [3.8, 4) is 5.69 Å². The molecule has 2 aromatic rings. The van der Waals surface area contributed by atoms with Gasteiger partial charge >= 0.3 is 6.09 Å². The number of amides is 1. The molecule has 1 saturated heterocycles. The number of hydrogen-bond donors (Lipinski definition) is 1. The highest BCUT2D eigenvalue weighted by Crippen LogP contribution is 2.19. The molecule has 7 nitrogen and oxygen atoms in total. The lowest BCUT2D eigenvalue weighted by Gasteiger charge is -2.37. The first-order valence-electron chi connectivity index (χ1n) is 10.2. The van der Waals surface area contributed by atoms with Gasteiger partial charge in [-0.2, -0.15) is 0 Å². The van der Waals surface area contributed by atoms with Crippen LogP contribution in [0.1, 0.15) is 39.7 Å². The van der Waals surface area contributed by atoms with Gasteiger partial charge in [0.1, 0.15) is 5.60 Å². The number of nitrogens with zero attached hydrogens (tertiary/aromatic N) is 3. The molecule has 0 saturated carbocycles. The lowest BCUT2D eigenvalue weighted by molar-refractivity contribution is -0.0356. The van der Waals surface area contributed by atoms with Crippen LogP contribution in [-0.2, 0) is 16.0 Å². The molecule has 2 atom stereocenters. The van der Waals surface area contributed by atoms with Crippen LogP contribution in [0.2, 0.25) is 0 Å². The minimum atomic E-state index is -0.499. The molecular formula is C22H32N4O3. The number of morpholine rings is 1. The van der Waals surface area contributed by atoms with Gasteiger partial charge in [-0.25, -0.2) is 9.78 Å². The maximum Gasteiger partial charge on any atom is 0.410 e. The van der Waals surface area contributed by atoms with E-state index in [4.69, 9.17) is 9.47 Å². The fourth-order valence-corrected chi connectivity index (χ4v) is 3.50. The first-order valence-corrected chi connectivity index (χ1v) is 10.2. The van der Waals surface area contributed by atoms with Crippen LogP contribution in [0, 0.1) is 0 Å². The minimum absolute atomic E-state index is 0.00462. The number of ether oxygens (including phenoxy) is 2. The van der Waals surface area contributed by atoms with E-state index in [1.165, 1.54) is 5.56 Å². The third-order valence-corrected chi connectivity index (χ3v) is 4.90. The maximum absolute atomic E-state index is 12.6. The second-order valence-corrected chi connectivity index (χ2v) is 8.52. The zero-order chi connectivity index (χ0) is 20.9. The molecule has 2 unspecified atom stereocenters. The summed E-state index contributed by atoms with van der Waals surface area (Å²) in [6.07, 6.45) is 6.07. The Labute approximate surface area is 173 Å². The number of rotatable bonds is 6. The van der Waals surface area contributed by atoms with E-state index in [0.29, 0.717) is 19.8 Å². The average Bonchev–Trinajstić information content (AvgIpc) is 3.20. The minimum Gasteiger partial charge on any atom is -0.444 e. The van der Waals surface area contributed by atoms with Crippen molar-refractivity contribution >= 4 is 6.09 Å². The van der Waals surface area contributed by atoms with Gasteiger partial charge in [0.15, 0.2) is 0 Å². The van der Waals surface area contributed by atoms with Crippen molar-refractivity contribution in [3.63, 3.8) is 0 Å². The fourth-order valence-electron chi connectivity index (χ4n) is 3.50. The Hall–Kier alpha value is -2.38. The zero-order valence-corrected chi connectivity index (χ0v) is 17.8. The summed E-state index contributed by atoms with van der Waals surface area (Å²) in [5, 5.41) is 3.59. The van der Waals surface area contributed by atoms with Gasteiger partial charge in [0.2, 0.25) is 0 Å². The number of aromatic nitrogens is 2. The molecule has 1 aliphatic rings. The Morgan fingerprint density at radius 3 is 2.90 bits per heavy atom. The SMILES string of the molecule is CC(CC1COCCN1C(=O)OC(C)(C)C)NCc1ccccc1-n1ccnc1. The summed E-state index contributed by atoms with van der Waals surface area (Å²) in [6.45, 7) is 10.2. The molecule has 0 aliphatic carbocycles. The number of nitrogens with one attached hydrogen (secondary N) is 1. The molecule has 0 spiro atoms. The van der Waals surface area contributed by atoms with E-state index in [-0.39, 0.29) is 18.2 Å². The van der Waals surface area contributed by atoms with Gasteiger partial charge in [-0.15, -0.1) is 0 Å². The van der Waals surface area contributed by atoms with Gasteiger partial charge in [-0.3, -0.25) is 0 Å². The number of carbonyl (C=O) groups excluding carboxylic acids is 1. The molecule has 2 heterocycles. The number of para-hydroxylation sites is 1. The summed E-state index contributed by atoms with van der Waals surface area (Å²) in [5.74, 6) is 0. The summed E-state index contributed by atoms with van der Waals surface area (Å²) in [7, 11) is 0. The van der Waals surface area contributed by atoms with E-state index in [1.54, 1.807) is 12.5 Å². The molecular weight excluding hydrogens is 368 g/mol. The van der Waals surface area contributed by atoms with Crippen LogP contribution in [0.25, 0.3) is 5.69 Å². The molecule has 1 fully saturated rings. The highest BCUT2D eigenvalue weighted by molar-refractivity contribution is 5.68. The highest BCUT2D eigenvalue weighted by atomic mass is 16.6. The van der Waals surface area contributed by atoms with E-state index < -0.39 is 5.60 Å². The Balaban J connectivity index is 1.59. The first kappa shape index (κ1) is 21.3. The molecule has 1 N–H and O–H groups in total. The van der Waals surface area contributed by atoms with E-state index in [0.717, 1.165) is 18.7 Å². The molecule has 0 bridgehead atoms. The standard InChI is InChI=1S/C22H32N4O3/c1-17(13-19-15-28-12-11-26(19)21(27)29-22(2,3)4)24-14-18-7-5-6-8-20(18)25-10-9-23-16-25/h5-10,16-17,19,24H,11-15H2,1-4H3. The molecule has 1 aliphatic heterocycles. The van der Waals surface area contributed by atoms with Crippen molar-refractivity contribution in [2.75, 3.05) is 19.8 Å². The van der Waals surface area contributed by atoms with Crippen molar-refractivity contribution in [3.05, 3.63) is 48.5 Å². The molecule has 3 rings (SSSR count). The number of carbonyl (C=O) groups is 1. The summed E-state index contributed by atoms with van der Waals surface area (Å²) in [4.78, 5) is 18.5. The molecule has 7 heteroatoms. The Morgan fingerprint density at radius 1 is 1.38 bits per heavy atom. The number of hydrogen-bond acceptors (Lipinski definition) is 5. The number of benzene rings is 1. The summed E-state index contributed by atoms with van der Waals surface area (Å²) in [6, 6.07) is 8.49. The molecule has 1 aromatic heterocycles. The van der Waals surface area contributed by atoms with Crippen LogP contribution < -0.4 is 5.32 Å². The third-order valence-electron chi connectivity index (χ3n) is 4.90. The van der Waals surface area contributed by atoms with Crippen LogP contribution in [0.5, 0.6) is 0 Å².